The summed E-state index contributed by atoms with van der Waals surface area (Å²) in [6.45, 7) is 3.67. The zero-order valence-electron chi connectivity index (χ0n) is 8.70. The molecule has 0 bridgehead atoms. The Morgan fingerprint density at radius 3 is 2.93 bits per heavy atom. The van der Waals surface area contributed by atoms with Gasteiger partial charge in [-0.25, -0.2) is 0 Å². The molecule has 0 aromatic carbocycles. The molecule has 1 aromatic rings. The number of thiophene rings is 1. The van der Waals surface area contributed by atoms with E-state index in [1.165, 1.54) is 11.3 Å². The Bertz CT molecular complexity index is 398. The summed E-state index contributed by atoms with van der Waals surface area (Å²) >= 11 is 1.33. The van der Waals surface area contributed by atoms with Gasteiger partial charge < -0.3 is 10.4 Å². The van der Waals surface area contributed by atoms with E-state index in [0.29, 0.717) is 4.88 Å². The minimum absolute atomic E-state index is 0.0768. The first-order valence-corrected chi connectivity index (χ1v) is 5.45. The predicted molar refractivity (Wildman–Crippen MR) is 60.9 cm³/mol. The Balaban J connectivity index is 2.71. The Labute approximate surface area is 93.1 Å². The lowest BCUT2D eigenvalue weighted by Gasteiger charge is -2.05. The molecule has 0 aliphatic rings. The van der Waals surface area contributed by atoms with E-state index in [-0.39, 0.29) is 18.6 Å². The van der Waals surface area contributed by atoms with Gasteiger partial charge in [0.2, 0.25) is 0 Å². The van der Waals surface area contributed by atoms with Crippen LogP contribution in [0.15, 0.2) is 12.1 Å². The zero-order chi connectivity index (χ0) is 11.3. The molecule has 1 heterocycles. The van der Waals surface area contributed by atoms with Gasteiger partial charge in [-0.1, -0.05) is 11.8 Å². The van der Waals surface area contributed by atoms with Crippen LogP contribution in [0.5, 0.6) is 0 Å². The molecule has 1 aromatic heterocycles. The molecule has 0 aliphatic carbocycles. The van der Waals surface area contributed by atoms with Crippen molar-refractivity contribution in [3.8, 4) is 11.8 Å². The maximum Gasteiger partial charge on any atom is 0.261 e. The summed E-state index contributed by atoms with van der Waals surface area (Å²) in [5, 5.41) is 11.3. The summed E-state index contributed by atoms with van der Waals surface area (Å²) in [7, 11) is 0. The minimum atomic E-state index is -0.161. The van der Waals surface area contributed by atoms with E-state index >= 15 is 0 Å². The van der Waals surface area contributed by atoms with Gasteiger partial charge in [0.05, 0.1) is 9.75 Å². The van der Waals surface area contributed by atoms with Crippen molar-refractivity contribution in [1.82, 2.24) is 5.32 Å². The summed E-state index contributed by atoms with van der Waals surface area (Å²) in [4.78, 5) is 13.0. The number of rotatable bonds is 2. The highest BCUT2D eigenvalue weighted by Crippen LogP contribution is 2.15. The van der Waals surface area contributed by atoms with Gasteiger partial charge in [-0.15, -0.1) is 11.3 Å². The van der Waals surface area contributed by atoms with Crippen LogP contribution in [0.4, 0.5) is 0 Å². The van der Waals surface area contributed by atoms with Crippen LogP contribution < -0.4 is 5.32 Å². The fourth-order valence-electron chi connectivity index (χ4n) is 0.987. The molecule has 0 saturated carbocycles. The SMILES string of the molecule is CC(C)NC(=O)c1ccc(C#CCO)s1. The number of hydrogen-bond acceptors (Lipinski definition) is 3. The highest BCUT2D eigenvalue weighted by Gasteiger charge is 2.08. The largest absolute Gasteiger partial charge is 0.384 e. The maximum atomic E-state index is 11.5. The van der Waals surface area contributed by atoms with Crippen molar-refractivity contribution in [2.45, 2.75) is 19.9 Å². The van der Waals surface area contributed by atoms with Gasteiger partial charge in [0.15, 0.2) is 0 Å². The number of aliphatic hydroxyl groups is 1. The van der Waals surface area contributed by atoms with Crippen LogP contribution in [0.25, 0.3) is 0 Å². The summed E-state index contributed by atoms with van der Waals surface area (Å²) in [6, 6.07) is 3.65. The average Bonchev–Trinajstić information content (AvgIpc) is 2.62. The number of nitrogens with one attached hydrogen (secondary N) is 1. The van der Waals surface area contributed by atoms with Gasteiger partial charge in [-0.2, -0.15) is 0 Å². The summed E-state index contributed by atoms with van der Waals surface area (Å²) < 4.78 is 0. The molecule has 0 fully saturated rings. The molecular formula is C11H13NO2S. The fraction of sp³-hybridized carbons (Fsp3) is 0.364. The number of aliphatic hydroxyl groups excluding tert-OH is 1. The number of carbonyl (C=O) groups is 1. The van der Waals surface area contributed by atoms with Crippen molar-refractivity contribution in [1.29, 1.82) is 0 Å². The minimum Gasteiger partial charge on any atom is -0.384 e. The van der Waals surface area contributed by atoms with E-state index in [2.05, 4.69) is 17.2 Å². The molecule has 4 heteroatoms. The third-order valence-electron chi connectivity index (χ3n) is 1.54. The van der Waals surface area contributed by atoms with Crippen molar-refractivity contribution in [2.75, 3.05) is 6.61 Å². The molecule has 0 atom stereocenters. The second-order valence-electron chi connectivity index (χ2n) is 3.25. The van der Waals surface area contributed by atoms with Crippen LogP contribution in [-0.2, 0) is 0 Å². The molecule has 1 amide bonds. The van der Waals surface area contributed by atoms with Crippen LogP contribution in [-0.4, -0.2) is 23.7 Å². The molecule has 1 rings (SSSR count). The van der Waals surface area contributed by atoms with Gasteiger partial charge >= 0.3 is 0 Å². The van der Waals surface area contributed by atoms with E-state index < -0.39 is 0 Å². The van der Waals surface area contributed by atoms with Gasteiger partial charge in [-0.3, -0.25) is 4.79 Å². The smallest absolute Gasteiger partial charge is 0.261 e. The molecule has 3 nitrogen and oxygen atoms in total. The molecule has 0 radical (unpaired) electrons. The second kappa shape index (κ2) is 5.54. The highest BCUT2D eigenvalue weighted by molar-refractivity contribution is 7.14. The van der Waals surface area contributed by atoms with Crippen LogP contribution >= 0.6 is 11.3 Å². The monoisotopic (exact) mass is 223 g/mol. The number of hydrogen-bond donors (Lipinski definition) is 2. The molecular weight excluding hydrogens is 210 g/mol. The van der Waals surface area contributed by atoms with Crippen molar-refractivity contribution in [3.05, 3.63) is 21.9 Å². The fourth-order valence-corrected chi connectivity index (χ4v) is 1.77. The van der Waals surface area contributed by atoms with Gasteiger partial charge in [0.1, 0.15) is 6.61 Å². The zero-order valence-corrected chi connectivity index (χ0v) is 9.52. The molecule has 2 N–H and O–H groups in total. The molecule has 80 valence electrons. The maximum absolute atomic E-state index is 11.5. The van der Waals surface area contributed by atoms with Gasteiger partial charge in [0.25, 0.3) is 5.91 Å². The Kier molecular flexibility index (Phi) is 4.35. The molecule has 0 spiro atoms. The normalized spacial score (nSPS) is 9.60. The van der Waals surface area contributed by atoms with Gasteiger partial charge in [-0.05, 0) is 26.0 Å². The van der Waals surface area contributed by atoms with E-state index in [4.69, 9.17) is 5.11 Å². The first kappa shape index (κ1) is 11.8. The standard InChI is InChI=1S/C11H13NO2S/c1-8(2)12-11(14)10-6-5-9(15-10)4-3-7-13/h5-6,8,13H,7H2,1-2H3,(H,12,14). The van der Waals surface area contributed by atoms with Gasteiger partial charge in [0, 0.05) is 6.04 Å². The first-order valence-electron chi connectivity index (χ1n) is 4.64. The van der Waals surface area contributed by atoms with Crippen molar-refractivity contribution >= 4 is 17.2 Å². The topological polar surface area (TPSA) is 49.3 Å². The van der Waals surface area contributed by atoms with Crippen molar-refractivity contribution in [3.63, 3.8) is 0 Å². The predicted octanol–water partition coefficient (Wildman–Crippen LogP) is 1.23. The van der Waals surface area contributed by atoms with E-state index in [1.807, 2.05) is 13.8 Å². The first-order chi connectivity index (χ1) is 7.13. The lowest BCUT2D eigenvalue weighted by molar-refractivity contribution is 0.0947. The molecule has 0 unspecified atom stereocenters. The third kappa shape index (κ3) is 3.74. The summed E-state index contributed by atoms with van der Waals surface area (Å²) in [6.07, 6.45) is 0. The van der Waals surface area contributed by atoms with E-state index in [9.17, 15) is 4.79 Å². The van der Waals surface area contributed by atoms with E-state index in [0.717, 1.165) is 4.88 Å². The van der Waals surface area contributed by atoms with Crippen molar-refractivity contribution < 1.29 is 9.90 Å². The van der Waals surface area contributed by atoms with Crippen molar-refractivity contribution in [2.24, 2.45) is 0 Å². The Morgan fingerprint density at radius 2 is 2.33 bits per heavy atom. The van der Waals surface area contributed by atoms with Crippen LogP contribution in [0, 0.1) is 11.8 Å². The average molecular weight is 223 g/mol. The third-order valence-corrected chi connectivity index (χ3v) is 2.54. The highest BCUT2D eigenvalue weighted by atomic mass is 32.1. The second-order valence-corrected chi connectivity index (χ2v) is 4.34. The lowest BCUT2D eigenvalue weighted by atomic mass is 10.3. The quantitative estimate of drug-likeness (QED) is 0.741. The Hall–Kier alpha value is -1.31. The molecule has 0 saturated heterocycles. The summed E-state index contributed by atoms with van der Waals surface area (Å²) in [5.74, 6) is 5.23. The Morgan fingerprint density at radius 1 is 1.60 bits per heavy atom. The summed E-state index contributed by atoms with van der Waals surface area (Å²) in [5.41, 5.74) is 0. The van der Waals surface area contributed by atoms with Crippen LogP contribution in [0.1, 0.15) is 28.4 Å². The van der Waals surface area contributed by atoms with Crippen LogP contribution in [0.2, 0.25) is 0 Å². The lowest BCUT2D eigenvalue weighted by Crippen LogP contribution is -2.29. The van der Waals surface area contributed by atoms with E-state index in [1.54, 1.807) is 12.1 Å². The number of carbonyl (C=O) groups excluding carboxylic acids is 1. The number of amides is 1. The molecule has 15 heavy (non-hydrogen) atoms. The molecule has 0 aliphatic heterocycles. The van der Waals surface area contributed by atoms with Crippen LogP contribution in [0.3, 0.4) is 0 Å².